The summed E-state index contributed by atoms with van der Waals surface area (Å²) in [4.78, 5) is 31.1. The maximum atomic E-state index is 13.4. The van der Waals surface area contributed by atoms with Crippen molar-refractivity contribution in [1.29, 1.82) is 0 Å². The van der Waals surface area contributed by atoms with Gasteiger partial charge in [0.25, 0.3) is 5.56 Å². The zero-order valence-corrected chi connectivity index (χ0v) is 17.5. The number of fused-ring (bicyclic) bond motifs is 1. The molecule has 0 atom stereocenters. The smallest absolute Gasteiger partial charge is 0.321 e. The van der Waals surface area contributed by atoms with Crippen LogP contribution in [0.4, 0.5) is 4.39 Å². The van der Waals surface area contributed by atoms with E-state index in [9.17, 15) is 14.0 Å². The molecule has 7 heteroatoms. The molecule has 0 aliphatic carbocycles. The monoisotopic (exact) mass is 418 g/mol. The van der Waals surface area contributed by atoms with Crippen molar-refractivity contribution in [3.05, 3.63) is 105 Å². The Balaban J connectivity index is 1.98. The molecule has 0 aliphatic rings. The van der Waals surface area contributed by atoms with Gasteiger partial charge in [-0.05, 0) is 41.3 Å². The van der Waals surface area contributed by atoms with Gasteiger partial charge in [0.2, 0.25) is 0 Å². The van der Waals surface area contributed by atoms with Gasteiger partial charge in [0.1, 0.15) is 5.82 Å². The first-order valence-electron chi connectivity index (χ1n) is 10.1. The lowest BCUT2D eigenvalue weighted by atomic mass is 10.0. The second-order valence-electron chi connectivity index (χ2n) is 7.74. The summed E-state index contributed by atoms with van der Waals surface area (Å²) in [5.41, 5.74) is 2.08. The summed E-state index contributed by atoms with van der Waals surface area (Å²) >= 11 is 0. The van der Waals surface area contributed by atoms with E-state index in [1.807, 2.05) is 24.3 Å². The van der Waals surface area contributed by atoms with Crippen LogP contribution in [0.5, 0.6) is 0 Å². The summed E-state index contributed by atoms with van der Waals surface area (Å²) in [6.07, 6.45) is 3.20. The number of rotatable bonds is 6. The van der Waals surface area contributed by atoms with E-state index in [1.165, 1.54) is 23.0 Å². The van der Waals surface area contributed by atoms with Gasteiger partial charge in [-0.15, -0.1) is 6.58 Å². The number of hydrogen-bond donors (Lipinski definition) is 0. The van der Waals surface area contributed by atoms with E-state index in [-0.39, 0.29) is 12.4 Å². The van der Waals surface area contributed by atoms with Crippen LogP contribution in [-0.4, -0.2) is 18.7 Å². The van der Waals surface area contributed by atoms with E-state index in [2.05, 4.69) is 25.4 Å². The largest absolute Gasteiger partial charge is 0.337 e. The van der Waals surface area contributed by atoms with E-state index in [0.717, 1.165) is 10.1 Å². The molecule has 0 N–H and O–H groups in total. The van der Waals surface area contributed by atoms with E-state index in [1.54, 1.807) is 22.8 Å². The first-order valence-corrected chi connectivity index (χ1v) is 10.1. The highest BCUT2D eigenvalue weighted by Crippen LogP contribution is 2.18. The van der Waals surface area contributed by atoms with Gasteiger partial charge in [-0.3, -0.25) is 9.36 Å². The van der Waals surface area contributed by atoms with Crippen LogP contribution in [0.25, 0.3) is 16.9 Å². The third-order valence-corrected chi connectivity index (χ3v) is 5.30. The normalized spacial score (nSPS) is 11.4. The molecule has 0 saturated carbocycles. The fraction of sp³-hybridized carbons (Fsp3) is 0.208. The van der Waals surface area contributed by atoms with Crippen molar-refractivity contribution in [3.8, 4) is 5.69 Å². The lowest BCUT2D eigenvalue weighted by Crippen LogP contribution is -2.40. The average Bonchev–Trinajstić information content (AvgIpc) is 3.16. The van der Waals surface area contributed by atoms with E-state index in [4.69, 9.17) is 0 Å². The SMILES string of the molecule is C=CCn1cnc2c1c(=O)n(Cc1ccc(F)cc1)c(=O)n2-c1ccc(C(C)C)cc1. The molecular formula is C24H23FN4O2. The third kappa shape index (κ3) is 3.74. The summed E-state index contributed by atoms with van der Waals surface area (Å²) < 4.78 is 17.6. The minimum atomic E-state index is -0.497. The van der Waals surface area contributed by atoms with Crippen molar-refractivity contribution in [2.24, 2.45) is 0 Å². The number of hydrogen-bond acceptors (Lipinski definition) is 3. The summed E-state index contributed by atoms with van der Waals surface area (Å²) in [7, 11) is 0. The number of aromatic nitrogens is 4. The van der Waals surface area contributed by atoms with Crippen LogP contribution in [-0.2, 0) is 13.1 Å². The first-order chi connectivity index (χ1) is 14.9. The van der Waals surface area contributed by atoms with Crippen molar-refractivity contribution in [1.82, 2.24) is 18.7 Å². The molecule has 0 aliphatic heterocycles. The number of allylic oxidation sites excluding steroid dienone is 1. The molecular weight excluding hydrogens is 395 g/mol. The molecule has 158 valence electrons. The van der Waals surface area contributed by atoms with Crippen LogP contribution in [0, 0.1) is 5.82 Å². The van der Waals surface area contributed by atoms with Crippen LogP contribution in [0.1, 0.15) is 30.9 Å². The van der Waals surface area contributed by atoms with Gasteiger partial charge in [-0.1, -0.05) is 44.2 Å². The first kappa shape index (κ1) is 20.5. The topological polar surface area (TPSA) is 61.8 Å². The molecule has 0 spiro atoms. The van der Waals surface area contributed by atoms with Crippen LogP contribution in [0.15, 0.2) is 77.1 Å². The van der Waals surface area contributed by atoms with Crippen molar-refractivity contribution in [2.45, 2.75) is 32.9 Å². The second-order valence-corrected chi connectivity index (χ2v) is 7.74. The number of nitrogens with zero attached hydrogens (tertiary/aromatic N) is 4. The maximum absolute atomic E-state index is 13.4. The van der Waals surface area contributed by atoms with Crippen LogP contribution in [0.3, 0.4) is 0 Å². The molecule has 31 heavy (non-hydrogen) atoms. The van der Waals surface area contributed by atoms with Gasteiger partial charge in [-0.25, -0.2) is 18.7 Å². The summed E-state index contributed by atoms with van der Waals surface area (Å²) in [6, 6.07) is 13.4. The highest BCUT2D eigenvalue weighted by molar-refractivity contribution is 5.72. The number of halogens is 1. The molecule has 4 aromatic rings. The highest BCUT2D eigenvalue weighted by Gasteiger charge is 2.19. The lowest BCUT2D eigenvalue weighted by Gasteiger charge is -2.13. The van der Waals surface area contributed by atoms with Gasteiger partial charge in [-0.2, -0.15) is 0 Å². The summed E-state index contributed by atoms with van der Waals surface area (Å²) in [6.45, 7) is 8.33. The minimum Gasteiger partial charge on any atom is -0.321 e. The molecule has 0 fully saturated rings. The second kappa shape index (κ2) is 8.18. The van der Waals surface area contributed by atoms with Gasteiger partial charge in [0.15, 0.2) is 11.2 Å². The molecule has 2 aromatic heterocycles. The predicted molar refractivity (Wildman–Crippen MR) is 119 cm³/mol. The van der Waals surface area contributed by atoms with E-state index < -0.39 is 11.2 Å². The zero-order valence-electron chi connectivity index (χ0n) is 17.5. The van der Waals surface area contributed by atoms with E-state index >= 15 is 0 Å². The molecule has 0 unspecified atom stereocenters. The predicted octanol–water partition coefficient (Wildman–Crippen LogP) is 3.85. The van der Waals surface area contributed by atoms with E-state index in [0.29, 0.717) is 34.9 Å². The molecule has 0 amide bonds. The molecule has 0 saturated heterocycles. The van der Waals surface area contributed by atoms with Crippen LogP contribution >= 0.6 is 0 Å². The Labute approximate surface area is 178 Å². The van der Waals surface area contributed by atoms with Crippen molar-refractivity contribution >= 4 is 11.2 Å². The average molecular weight is 418 g/mol. The van der Waals surface area contributed by atoms with Crippen molar-refractivity contribution in [3.63, 3.8) is 0 Å². The highest BCUT2D eigenvalue weighted by atomic mass is 19.1. The van der Waals surface area contributed by atoms with Crippen molar-refractivity contribution < 1.29 is 4.39 Å². The molecule has 2 heterocycles. The fourth-order valence-corrected chi connectivity index (χ4v) is 3.61. The Morgan fingerprint density at radius 3 is 2.35 bits per heavy atom. The van der Waals surface area contributed by atoms with Gasteiger partial charge >= 0.3 is 5.69 Å². The Hall–Kier alpha value is -3.74. The Morgan fingerprint density at radius 1 is 1.06 bits per heavy atom. The quantitative estimate of drug-likeness (QED) is 0.447. The number of imidazole rings is 1. The van der Waals surface area contributed by atoms with Crippen molar-refractivity contribution in [2.75, 3.05) is 0 Å². The Kier molecular flexibility index (Phi) is 5.42. The number of benzene rings is 2. The van der Waals surface area contributed by atoms with Crippen LogP contribution in [0.2, 0.25) is 0 Å². The van der Waals surface area contributed by atoms with Crippen LogP contribution < -0.4 is 11.2 Å². The summed E-state index contributed by atoms with van der Waals surface area (Å²) in [5.74, 6) is -0.0247. The third-order valence-electron chi connectivity index (χ3n) is 5.30. The molecule has 0 bridgehead atoms. The van der Waals surface area contributed by atoms with Gasteiger partial charge in [0.05, 0.1) is 18.6 Å². The Bertz CT molecular complexity index is 1360. The molecule has 4 rings (SSSR count). The Morgan fingerprint density at radius 2 is 1.74 bits per heavy atom. The maximum Gasteiger partial charge on any atom is 0.337 e. The summed E-state index contributed by atoms with van der Waals surface area (Å²) in [5, 5.41) is 0. The molecule has 2 aromatic carbocycles. The van der Waals surface area contributed by atoms with Gasteiger partial charge < -0.3 is 4.57 Å². The standard InChI is InChI=1S/C24H23FN4O2/c1-4-13-27-15-26-22-21(27)23(30)28(14-17-5-9-19(25)10-6-17)24(31)29(22)20-11-7-18(8-12-20)16(2)3/h4-12,15-16H,1,13-14H2,2-3H3. The lowest BCUT2D eigenvalue weighted by molar-refractivity contribution is 0.624. The zero-order chi connectivity index (χ0) is 22.1. The minimum absolute atomic E-state index is 0.0250. The van der Waals surface area contributed by atoms with Gasteiger partial charge in [0, 0.05) is 6.54 Å². The molecule has 6 nitrogen and oxygen atoms in total. The fourth-order valence-electron chi connectivity index (χ4n) is 3.61. The molecule has 0 radical (unpaired) electrons.